The highest BCUT2D eigenvalue weighted by Crippen LogP contribution is 2.23. The van der Waals surface area contributed by atoms with E-state index in [0.29, 0.717) is 17.3 Å². The van der Waals surface area contributed by atoms with E-state index in [1.165, 1.54) is 37.6 Å². The molecule has 32 heavy (non-hydrogen) atoms. The van der Waals surface area contributed by atoms with Crippen molar-refractivity contribution in [1.29, 1.82) is 0 Å². The van der Waals surface area contributed by atoms with E-state index >= 15 is 0 Å². The highest BCUT2D eigenvalue weighted by molar-refractivity contribution is 7.92. The highest BCUT2D eigenvalue weighted by atomic mass is 32.2. The molecule has 0 radical (unpaired) electrons. The number of hydrogen-bond donors (Lipinski definition) is 0. The normalized spacial score (nSPS) is 11.2. The highest BCUT2D eigenvalue weighted by Gasteiger charge is 2.22. The third-order valence-electron chi connectivity index (χ3n) is 4.77. The van der Waals surface area contributed by atoms with Crippen molar-refractivity contribution in [2.45, 2.75) is 11.5 Å². The van der Waals surface area contributed by atoms with Gasteiger partial charge in [0.2, 0.25) is 5.89 Å². The molecule has 0 saturated heterocycles. The van der Waals surface area contributed by atoms with E-state index < -0.39 is 16.0 Å². The number of carbonyl (C=O) groups excluding carboxylic acids is 1. The van der Waals surface area contributed by atoms with Crippen LogP contribution in [0.4, 0.5) is 5.69 Å². The number of anilines is 1. The van der Waals surface area contributed by atoms with Crippen LogP contribution in [0.5, 0.6) is 0 Å². The maximum Gasteiger partial charge on any atom is 0.338 e. The predicted molar refractivity (Wildman–Crippen MR) is 120 cm³/mol. The second-order valence-electron chi connectivity index (χ2n) is 6.92. The number of rotatable bonds is 7. The minimum absolute atomic E-state index is 0.00824. The van der Waals surface area contributed by atoms with Crippen molar-refractivity contribution in [3.63, 3.8) is 0 Å². The van der Waals surface area contributed by atoms with E-state index in [1.807, 2.05) is 30.3 Å². The van der Waals surface area contributed by atoms with Gasteiger partial charge in [0.1, 0.15) is 18.6 Å². The number of para-hydroxylation sites is 1. The number of aromatic nitrogens is 1. The maximum absolute atomic E-state index is 13.0. The fourth-order valence-electron chi connectivity index (χ4n) is 3.03. The monoisotopic (exact) mass is 448 g/mol. The number of nitrogens with zero attached hydrogens (tertiary/aromatic N) is 2. The second kappa shape index (κ2) is 9.07. The molecule has 0 aliphatic carbocycles. The number of sulfonamides is 1. The van der Waals surface area contributed by atoms with Crippen LogP contribution < -0.4 is 4.31 Å². The fourth-order valence-corrected chi connectivity index (χ4v) is 4.27. The van der Waals surface area contributed by atoms with Crippen LogP contribution in [-0.4, -0.2) is 26.4 Å². The van der Waals surface area contributed by atoms with Crippen molar-refractivity contribution in [2.24, 2.45) is 0 Å². The van der Waals surface area contributed by atoms with E-state index in [0.717, 1.165) is 9.87 Å². The van der Waals surface area contributed by atoms with Crippen LogP contribution in [0.3, 0.4) is 0 Å². The third kappa shape index (κ3) is 4.55. The molecule has 0 amide bonds. The molecule has 1 aromatic heterocycles. The number of esters is 1. The quantitative estimate of drug-likeness (QED) is 0.386. The van der Waals surface area contributed by atoms with Gasteiger partial charge in [-0.25, -0.2) is 18.2 Å². The first kappa shape index (κ1) is 21.3. The van der Waals surface area contributed by atoms with E-state index in [1.54, 1.807) is 30.3 Å². The van der Waals surface area contributed by atoms with Crippen molar-refractivity contribution >= 4 is 21.7 Å². The van der Waals surface area contributed by atoms with E-state index in [9.17, 15) is 13.2 Å². The number of benzene rings is 3. The lowest BCUT2D eigenvalue weighted by Gasteiger charge is -2.19. The van der Waals surface area contributed by atoms with Crippen LogP contribution in [0.1, 0.15) is 16.1 Å². The first-order chi connectivity index (χ1) is 15.4. The molecule has 1 heterocycles. The Morgan fingerprint density at radius 3 is 2.38 bits per heavy atom. The lowest BCUT2D eigenvalue weighted by atomic mass is 10.2. The molecule has 8 heteroatoms. The molecule has 0 saturated carbocycles. The van der Waals surface area contributed by atoms with E-state index in [4.69, 9.17) is 9.15 Å². The van der Waals surface area contributed by atoms with Crippen molar-refractivity contribution in [3.05, 3.63) is 102 Å². The van der Waals surface area contributed by atoms with Gasteiger partial charge in [-0.1, -0.05) is 42.5 Å². The maximum atomic E-state index is 13.0. The summed E-state index contributed by atoms with van der Waals surface area (Å²) in [4.78, 5) is 16.8. The second-order valence-corrected chi connectivity index (χ2v) is 8.89. The summed E-state index contributed by atoms with van der Waals surface area (Å²) in [5, 5.41) is 0. The zero-order valence-electron chi connectivity index (χ0n) is 17.2. The van der Waals surface area contributed by atoms with Crippen molar-refractivity contribution in [2.75, 3.05) is 11.4 Å². The molecule has 4 aromatic rings. The summed E-state index contributed by atoms with van der Waals surface area (Å²) in [5.41, 5.74) is 1.90. The zero-order valence-corrected chi connectivity index (χ0v) is 18.0. The minimum Gasteiger partial charge on any atom is -0.455 e. The number of oxazole rings is 1. The van der Waals surface area contributed by atoms with Crippen LogP contribution in [0.15, 0.2) is 101 Å². The molecule has 162 valence electrons. The summed E-state index contributed by atoms with van der Waals surface area (Å²) in [5.74, 6) is -0.234. The molecule has 3 aromatic carbocycles. The van der Waals surface area contributed by atoms with Crippen LogP contribution in [0, 0.1) is 0 Å². The van der Waals surface area contributed by atoms with Gasteiger partial charge >= 0.3 is 5.97 Å². The third-order valence-corrected chi connectivity index (χ3v) is 6.55. The summed E-state index contributed by atoms with van der Waals surface area (Å²) in [7, 11) is -2.38. The Balaban J connectivity index is 1.46. The predicted octanol–water partition coefficient (Wildman–Crippen LogP) is 4.52. The van der Waals surface area contributed by atoms with Gasteiger partial charge in [0.25, 0.3) is 10.0 Å². The van der Waals surface area contributed by atoms with Crippen LogP contribution in [0.2, 0.25) is 0 Å². The Morgan fingerprint density at radius 1 is 0.969 bits per heavy atom. The van der Waals surface area contributed by atoms with Gasteiger partial charge in [0.05, 0.1) is 16.1 Å². The molecule has 0 aliphatic heterocycles. The molecule has 0 bridgehead atoms. The molecule has 7 nitrogen and oxygen atoms in total. The van der Waals surface area contributed by atoms with Gasteiger partial charge in [-0.2, -0.15) is 0 Å². The molecule has 0 atom stereocenters. The number of carbonyl (C=O) groups is 1. The van der Waals surface area contributed by atoms with E-state index in [2.05, 4.69) is 4.98 Å². The summed E-state index contributed by atoms with van der Waals surface area (Å²) in [6, 6.07) is 23.8. The molecule has 0 fully saturated rings. The smallest absolute Gasteiger partial charge is 0.338 e. The van der Waals surface area contributed by atoms with Gasteiger partial charge in [-0.15, -0.1) is 0 Å². The van der Waals surface area contributed by atoms with Gasteiger partial charge in [0, 0.05) is 12.6 Å². The first-order valence-electron chi connectivity index (χ1n) is 9.76. The van der Waals surface area contributed by atoms with Crippen molar-refractivity contribution in [1.82, 2.24) is 4.98 Å². The topological polar surface area (TPSA) is 89.7 Å². The Bertz CT molecular complexity index is 1320. The summed E-state index contributed by atoms with van der Waals surface area (Å²) in [6.45, 7) is -0.101. The average Bonchev–Trinajstić information content (AvgIpc) is 3.32. The van der Waals surface area contributed by atoms with Crippen LogP contribution in [0.25, 0.3) is 11.5 Å². The lowest BCUT2D eigenvalue weighted by molar-refractivity contribution is 0.0467. The lowest BCUT2D eigenvalue weighted by Crippen LogP contribution is -2.26. The number of ether oxygens (including phenoxy) is 1. The van der Waals surface area contributed by atoms with Crippen LogP contribution in [-0.2, 0) is 21.4 Å². The Morgan fingerprint density at radius 2 is 1.66 bits per heavy atom. The zero-order chi connectivity index (χ0) is 22.6. The van der Waals surface area contributed by atoms with Gasteiger partial charge in [-0.05, 0) is 42.5 Å². The van der Waals surface area contributed by atoms with Crippen molar-refractivity contribution in [3.8, 4) is 11.5 Å². The fraction of sp³-hybridized carbons (Fsp3) is 0.0833. The SMILES string of the molecule is CN(c1ccccc1)S(=O)(=O)c1cccc(C(=O)OCc2coc(-c3ccccc3)n2)c1. The summed E-state index contributed by atoms with van der Waals surface area (Å²) >= 11 is 0. The Kier molecular flexibility index (Phi) is 6.04. The van der Waals surface area contributed by atoms with Gasteiger partial charge in [0.15, 0.2) is 0 Å². The Hall–Kier alpha value is -3.91. The summed E-state index contributed by atoms with van der Waals surface area (Å²) < 4.78 is 37.9. The molecule has 0 spiro atoms. The molecule has 0 N–H and O–H groups in total. The first-order valence-corrected chi connectivity index (χ1v) is 11.2. The minimum atomic E-state index is -3.84. The average molecular weight is 449 g/mol. The summed E-state index contributed by atoms with van der Waals surface area (Å²) in [6.07, 6.45) is 1.42. The van der Waals surface area contributed by atoms with Gasteiger partial charge in [-0.3, -0.25) is 4.31 Å². The molecule has 4 rings (SSSR count). The Labute approximate surface area is 186 Å². The molecular weight excluding hydrogens is 428 g/mol. The number of hydrogen-bond acceptors (Lipinski definition) is 6. The largest absolute Gasteiger partial charge is 0.455 e. The van der Waals surface area contributed by atoms with E-state index in [-0.39, 0.29) is 17.1 Å². The molecular formula is C24H20N2O5S. The van der Waals surface area contributed by atoms with Gasteiger partial charge < -0.3 is 9.15 Å². The molecule has 0 aliphatic rings. The van der Waals surface area contributed by atoms with Crippen molar-refractivity contribution < 1.29 is 22.4 Å². The van der Waals surface area contributed by atoms with Crippen LogP contribution >= 0.6 is 0 Å². The standard InChI is InChI=1S/C24H20N2O5S/c1-26(21-12-6-3-7-13-21)32(28,29)22-14-8-11-19(15-22)24(27)31-17-20-16-30-23(25-20)18-9-4-2-5-10-18/h2-16H,17H2,1H3. The molecule has 0 unspecified atom stereocenters.